The number of benzene rings is 2. The highest BCUT2D eigenvalue weighted by Crippen LogP contribution is 2.27. The van der Waals surface area contributed by atoms with Gasteiger partial charge in [0.2, 0.25) is 0 Å². The number of hydrazone groups is 1. The third-order valence-corrected chi connectivity index (χ3v) is 6.01. The molecular formula is C25H33N5O4. The number of hydrogen-bond acceptors (Lipinski definition) is 6. The summed E-state index contributed by atoms with van der Waals surface area (Å²) in [7, 11) is 0. The summed E-state index contributed by atoms with van der Waals surface area (Å²) in [5.41, 5.74) is 2.25. The number of carbonyl (C=O) groups is 1. The molecule has 9 heteroatoms. The lowest BCUT2D eigenvalue weighted by molar-refractivity contribution is -0.384. The molecule has 0 radical (unpaired) electrons. The number of anilines is 1. The summed E-state index contributed by atoms with van der Waals surface area (Å²) in [5, 5.41) is 19.8. The molecule has 1 unspecified atom stereocenters. The van der Waals surface area contributed by atoms with Gasteiger partial charge in [0.25, 0.3) is 5.69 Å². The van der Waals surface area contributed by atoms with Crippen LogP contribution in [0.3, 0.4) is 0 Å². The van der Waals surface area contributed by atoms with Gasteiger partial charge in [-0.2, -0.15) is 5.10 Å². The van der Waals surface area contributed by atoms with Crippen molar-refractivity contribution in [1.29, 1.82) is 0 Å². The second-order valence-electron chi connectivity index (χ2n) is 8.56. The predicted octanol–water partition coefficient (Wildman–Crippen LogP) is 4.98. The molecule has 1 aliphatic rings. The molecule has 182 valence electrons. The molecule has 3 rings (SSSR count). The zero-order valence-corrected chi connectivity index (χ0v) is 20.4. The van der Waals surface area contributed by atoms with Crippen LogP contribution in [0.25, 0.3) is 0 Å². The molecular weight excluding hydrogens is 434 g/mol. The number of nitrogens with zero attached hydrogens (tertiary/aromatic N) is 4. The first-order valence-electron chi connectivity index (χ1n) is 11.7. The van der Waals surface area contributed by atoms with E-state index in [2.05, 4.69) is 31.0 Å². The smallest absolute Gasteiger partial charge is 0.342 e. The van der Waals surface area contributed by atoms with Crippen molar-refractivity contribution in [2.24, 2.45) is 11.0 Å². The Morgan fingerprint density at radius 2 is 1.76 bits per heavy atom. The number of ether oxygens (including phenoxy) is 1. The van der Waals surface area contributed by atoms with Crippen LogP contribution in [0.15, 0.2) is 53.6 Å². The fourth-order valence-corrected chi connectivity index (χ4v) is 4.18. The molecule has 2 atom stereocenters. The van der Waals surface area contributed by atoms with Crippen molar-refractivity contribution < 1.29 is 14.5 Å². The average Bonchev–Trinajstić information content (AvgIpc) is 3.26. The van der Waals surface area contributed by atoms with Gasteiger partial charge in [-0.1, -0.05) is 13.8 Å². The number of hydrogen-bond donors (Lipinski definition) is 1. The van der Waals surface area contributed by atoms with Gasteiger partial charge >= 0.3 is 6.03 Å². The minimum Gasteiger partial charge on any atom is -0.491 e. The molecule has 2 aromatic carbocycles. The van der Waals surface area contributed by atoms with Gasteiger partial charge < -0.3 is 15.0 Å². The fraction of sp³-hybridized carbons (Fsp3) is 0.440. The lowest BCUT2D eigenvalue weighted by atomic mass is 9.90. The van der Waals surface area contributed by atoms with E-state index >= 15 is 0 Å². The number of nitro groups is 1. The summed E-state index contributed by atoms with van der Waals surface area (Å²) in [4.78, 5) is 25.8. The lowest BCUT2D eigenvalue weighted by Crippen LogP contribution is -2.43. The van der Waals surface area contributed by atoms with Crippen LogP contribution in [-0.4, -0.2) is 58.4 Å². The second kappa shape index (κ2) is 11.1. The maximum atomic E-state index is 13.0. The van der Waals surface area contributed by atoms with Crippen LogP contribution in [-0.2, 0) is 0 Å². The first-order chi connectivity index (χ1) is 16.2. The zero-order valence-electron chi connectivity index (χ0n) is 20.4. The number of rotatable bonds is 9. The zero-order chi connectivity index (χ0) is 24.8. The minimum atomic E-state index is -0.473. The predicted molar refractivity (Wildman–Crippen MR) is 133 cm³/mol. The molecule has 0 aromatic heterocycles. The van der Waals surface area contributed by atoms with Crippen molar-refractivity contribution >= 4 is 23.1 Å². The van der Waals surface area contributed by atoms with E-state index in [1.807, 2.05) is 38.1 Å². The lowest BCUT2D eigenvalue weighted by Gasteiger charge is -2.31. The van der Waals surface area contributed by atoms with Gasteiger partial charge in [-0.25, -0.2) is 9.80 Å². The van der Waals surface area contributed by atoms with E-state index < -0.39 is 4.92 Å². The van der Waals surface area contributed by atoms with Crippen LogP contribution in [0.1, 0.15) is 40.2 Å². The highest BCUT2D eigenvalue weighted by Gasteiger charge is 2.36. The Balaban J connectivity index is 1.84. The van der Waals surface area contributed by atoms with Crippen LogP contribution in [0, 0.1) is 16.0 Å². The van der Waals surface area contributed by atoms with Crippen molar-refractivity contribution in [3.05, 3.63) is 64.2 Å². The van der Waals surface area contributed by atoms with Crippen molar-refractivity contribution in [1.82, 2.24) is 9.91 Å². The minimum absolute atomic E-state index is 0.0272. The van der Waals surface area contributed by atoms with E-state index in [0.29, 0.717) is 12.2 Å². The molecule has 0 aliphatic carbocycles. The maximum Gasteiger partial charge on any atom is 0.342 e. The fourth-order valence-electron chi connectivity index (χ4n) is 4.18. The van der Waals surface area contributed by atoms with Gasteiger partial charge in [0.15, 0.2) is 0 Å². The van der Waals surface area contributed by atoms with Crippen molar-refractivity contribution in [3.63, 3.8) is 0 Å². The van der Waals surface area contributed by atoms with E-state index in [1.165, 1.54) is 29.3 Å². The molecule has 0 bridgehead atoms. The highest BCUT2D eigenvalue weighted by atomic mass is 16.6. The third-order valence-electron chi connectivity index (χ3n) is 6.01. The van der Waals surface area contributed by atoms with Crippen LogP contribution < -0.4 is 10.1 Å². The van der Waals surface area contributed by atoms with E-state index in [-0.39, 0.29) is 29.8 Å². The van der Waals surface area contributed by atoms with Crippen LogP contribution in [0.4, 0.5) is 16.2 Å². The van der Waals surface area contributed by atoms with E-state index in [4.69, 9.17) is 9.84 Å². The van der Waals surface area contributed by atoms with Gasteiger partial charge in [0.1, 0.15) is 5.75 Å². The van der Waals surface area contributed by atoms with Crippen molar-refractivity contribution in [2.45, 2.75) is 46.8 Å². The number of carbonyl (C=O) groups excluding carboxylic acids is 1. The quantitative estimate of drug-likeness (QED) is 0.414. The van der Waals surface area contributed by atoms with Crippen molar-refractivity contribution in [3.8, 4) is 5.75 Å². The standard InChI is InChI=1S/C25H33N5O4/c1-6-28(7-2)18(5)23-16-29(25(31)26-20-10-12-21(13-11-20)30(32)33)27-24(23)19-8-14-22(15-9-19)34-17(3)4/h8-15,17-18,23H,6-7,16H2,1-5H3,(H,26,31)/t18?,23-/m1/s1. The van der Waals surface area contributed by atoms with Gasteiger partial charge in [-0.15, -0.1) is 0 Å². The monoisotopic (exact) mass is 467 g/mol. The molecule has 1 heterocycles. The Kier molecular flexibility index (Phi) is 8.22. The molecule has 0 spiro atoms. The average molecular weight is 468 g/mol. The summed E-state index contributed by atoms with van der Waals surface area (Å²) < 4.78 is 5.76. The van der Waals surface area contributed by atoms with E-state index in [9.17, 15) is 14.9 Å². The molecule has 0 fully saturated rings. The molecule has 0 saturated heterocycles. The molecule has 2 amide bonds. The summed E-state index contributed by atoms with van der Waals surface area (Å²) in [5.74, 6) is 0.817. The number of non-ortho nitro benzene ring substituents is 1. The van der Waals surface area contributed by atoms with Gasteiger partial charge in [0, 0.05) is 29.8 Å². The van der Waals surface area contributed by atoms with Crippen molar-refractivity contribution in [2.75, 3.05) is 25.0 Å². The Hall–Kier alpha value is -3.46. The van der Waals surface area contributed by atoms with Crippen LogP contribution >= 0.6 is 0 Å². The molecule has 34 heavy (non-hydrogen) atoms. The Bertz CT molecular complexity index is 1020. The molecule has 2 aromatic rings. The Morgan fingerprint density at radius 1 is 1.15 bits per heavy atom. The first-order valence-corrected chi connectivity index (χ1v) is 11.7. The number of urea groups is 1. The van der Waals surface area contributed by atoms with E-state index in [1.54, 1.807) is 0 Å². The summed E-state index contributed by atoms with van der Waals surface area (Å²) in [6.45, 7) is 12.6. The van der Waals surface area contributed by atoms with Crippen LogP contribution in [0.2, 0.25) is 0 Å². The summed E-state index contributed by atoms with van der Waals surface area (Å²) in [6, 6.07) is 13.4. The van der Waals surface area contributed by atoms with Gasteiger partial charge in [0.05, 0.1) is 23.3 Å². The second-order valence-corrected chi connectivity index (χ2v) is 8.56. The molecule has 1 aliphatic heterocycles. The Morgan fingerprint density at radius 3 is 2.29 bits per heavy atom. The third kappa shape index (κ3) is 5.91. The Labute approximate surface area is 200 Å². The normalized spacial score (nSPS) is 16.5. The van der Waals surface area contributed by atoms with Crippen LogP contribution in [0.5, 0.6) is 5.75 Å². The first kappa shape index (κ1) is 25.2. The highest BCUT2D eigenvalue weighted by molar-refractivity contribution is 6.05. The topological polar surface area (TPSA) is 100 Å². The largest absolute Gasteiger partial charge is 0.491 e. The van der Waals surface area contributed by atoms with E-state index in [0.717, 1.165) is 30.1 Å². The number of nitro benzene ring substituents is 1. The number of amides is 2. The summed E-state index contributed by atoms with van der Waals surface area (Å²) in [6.07, 6.45) is 0.0868. The van der Waals surface area contributed by atoms with Gasteiger partial charge in [-0.05, 0) is 75.8 Å². The molecule has 0 saturated carbocycles. The SMILES string of the molecule is CCN(CC)C(C)[C@H]1CN(C(=O)Nc2ccc([N+](=O)[O-])cc2)N=C1c1ccc(OC(C)C)cc1. The summed E-state index contributed by atoms with van der Waals surface area (Å²) >= 11 is 0. The molecule has 1 N–H and O–H groups in total. The maximum absolute atomic E-state index is 13.0. The number of nitrogens with one attached hydrogen (secondary N) is 1. The van der Waals surface area contributed by atoms with Gasteiger partial charge in [-0.3, -0.25) is 10.1 Å². The molecule has 9 nitrogen and oxygen atoms in total.